The van der Waals surface area contributed by atoms with Crippen LogP contribution in [0.4, 0.5) is 10.1 Å². The number of aliphatic hydroxyl groups excluding tert-OH is 6. The minimum Gasteiger partial charge on any atom is -0.497 e. The second-order valence-electron chi connectivity index (χ2n) is 15.1. The molecule has 3 amide bonds. The first-order valence-corrected chi connectivity index (χ1v) is 20.3. The van der Waals surface area contributed by atoms with Gasteiger partial charge in [-0.3, -0.25) is 14.4 Å². The van der Waals surface area contributed by atoms with Crippen molar-refractivity contribution in [1.82, 2.24) is 10.6 Å². The second-order valence-corrected chi connectivity index (χ2v) is 15.1. The van der Waals surface area contributed by atoms with Gasteiger partial charge in [-0.15, -0.1) is 0 Å². The molecule has 0 spiro atoms. The Balaban J connectivity index is 1.10. The summed E-state index contributed by atoms with van der Waals surface area (Å²) in [5.41, 5.74) is 3.21. The van der Waals surface area contributed by atoms with Gasteiger partial charge >= 0.3 is 0 Å². The SMILES string of the molecule is COc1ccc([C@@H]2[C@@H](CCC(O)c3ccc(F)cc3)C(=O)N2c2ccc(CNC(=O)CCCCCCCCCCC(=O)NCC(O)[C@@H](O)[C@H](O)[C@H](O)CO)cc2)cc1. The summed E-state index contributed by atoms with van der Waals surface area (Å²) in [5.74, 6) is -0.357. The molecule has 3 aromatic rings. The van der Waals surface area contributed by atoms with E-state index < -0.39 is 37.1 Å². The number of methoxy groups -OCH3 is 1. The van der Waals surface area contributed by atoms with Gasteiger partial charge in [-0.1, -0.05) is 74.9 Å². The zero-order valence-corrected chi connectivity index (χ0v) is 33.2. The lowest BCUT2D eigenvalue weighted by Crippen LogP contribution is -2.55. The first kappa shape index (κ1) is 46.3. The van der Waals surface area contributed by atoms with E-state index in [9.17, 15) is 44.3 Å². The Hall–Kier alpha value is -4.44. The molecule has 0 aliphatic carbocycles. The van der Waals surface area contributed by atoms with Crippen LogP contribution in [0.25, 0.3) is 0 Å². The van der Waals surface area contributed by atoms with Gasteiger partial charge in [0.15, 0.2) is 0 Å². The van der Waals surface area contributed by atoms with Crippen molar-refractivity contribution in [2.75, 3.05) is 25.2 Å². The van der Waals surface area contributed by atoms with Crippen molar-refractivity contribution in [3.05, 3.63) is 95.3 Å². The molecule has 0 radical (unpaired) electrons. The number of unbranched alkanes of at least 4 members (excludes halogenated alkanes) is 7. The number of amides is 3. The van der Waals surface area contributed by atoms with Gasteiger partial charge in [0.1, 0.15) is 29.9 Å². The molecule has 318 valence electrons. The molecule has 2 unspecified atom stereocenters. The Labute approximate surface area is 339 Å². The van der Waals surface area contributed by atoms with E-state index in [1.165, 1.54) is 12.1 Å². The van der Waals surface area contributed by atoms with Crippen LogP contribution in [0.3, 0.4) is 0 Å². The average Bonchev–Trinajstić information content (AvgIpc) is 3.24. The molecule has 0 bridgehead atoms. The Bertz CT molecular complexity index is 1700. The molecule has 0 saturated carbocycles. The number of hydrogen-bond donors (Lipinski definition) is 8. The number of aliphatic hydroxyl groups is 6. The van der Waals surface area contributed by atoms with Crippen LogP contribution in [0.2, 0.25) is 0 Å². The van der Waals surface area contributed by atoms with Crippen LogP contribution in [-0.4, -0.2) is 93.0 Å². The monoisotopic (exact) mass is 809 g/mol. The van der Waals surface area contributed by atoms with Gasteiger partial charge in [-0.2, -0.15) is 0 Å². The van der Waals surface area contributed by atoms with Crippen molar-refractivity contribution in [2.45, 2.75) is 120 Å². The standard InChI is InChI=1S/C44H60FN3O10/c1-58-34-22-16-31(17-23-34)41-35(24-25-36(50)30-14-18-32(45)19-15-30)44(57)48(41)33-20-12-29(13-21-33)26-46-39(53)10-8-6-4-2-3-5-7-9-11-40(54)47-27-37(51)42(55)43(56)38(52)28-49/h12-23,35-38,41-43,49-52,55-56H,2-11,24-28H2,1H3,(H,46,53)(H,47,54)/t35-,36?,37?,38-,41-,42-,43-/m1/s1. The predicted octanol–water partition coefficient (Wildman–Crippen LogP) is 4.12. The summed E-state index contributed by atoms with van der Waals surface area (Å²) in [4.78, 5) is 39.9. The summed E-state index contributed by atoms with van der Waals surface area (Å²) in [5, 5.41) is 63.8. The van der Waals surface area contributed by atoms with E-state index in [-0.39, 0.29) is 48.5 Å². The highest BCUT2D eigenvalue weighted by atomic mass is 19.1. The highest BCUT2D eigenvalue weighted by Crippen LogP contribution is 2.46. The first-order valence-electron chi connectivity index (χ1n) is 20.3. The van der Waals surface area contributed by atoms with E-state index in [1.807, 2.05) is 48.5 Å². The number of hydrogen-bond acceptors (Lipinski definition) is 10. The number of halogens is 1. The summed E-state index contributed by atoms with van der Waals surface area (Å²) >= 11 is 0. The van der Waals surface area contributed by atoms with Crippen molar-refractivity contribution < 1.29 is 54.2 Å². The number of anilines is 1. The predicted molar refractivity (Wildman–Crippen MR) is 216 cm³/mol. The number of carbonyl (C=O) groups is 3. The molecule has 1 saturated heterocycles. The second kappa shape index (κ2) is 23.8. The molecule has 14 heteroatoms. The lowest BCUT2D eigenvalue weighted by Gasteiger charge is -2.48. The Morgan fingerprint density at radius 2 is 1.29 bits per heavy atom. The van der Waals surface area contributed by atoms with E-state index in [1.54, 1.807) is 24.1 Å². The van der Waals surface area contributed by atoms with Crippen LogP contribution in [0.1, 0.15) is 106 Å². The van der Waals surface area contributed by atoms with E-state index in [4.69, 9.17) is 9.84 Å². The van der Waals surface area contributed by atoms with Gasteiger partial charge in [0.25, 0.3) is 0 Å². The quantitative estimate of drug-likeness (QED) is 0.0430. The van der Waals surface area contributed by atoms with Gasteiger partial charge in [0, 0.05) is 31.6 Å². The molecule has 7 atom stereocenters. The zero-order chi connectivity index (χ0) is 42.0. The largest absolute Gasteiger partial charge is 0.497 e. The zero-order valence-electron chi connectivity index (χ0n) is 33.2. The number of β-lactam (4-membered cyclic amide) rings is 1. The Morgan fingerprint density at radius 1 is 0.741 bits per heavy atom. The van der Waals surface area contributed by atoms with Crippen molar-refractivity contribution in [3.63, 3.8) is 0 Å². The summed E-state index contributed by atoms with van der Waals surface area (Å²) in [6.45, 7) is -0.681. The number of benzene rings is 3. The third-order valence-electron chi connectivity index (χ3n) is 10.8. The number of nitrogens with one attached hydrogen (secondary N) is 2. The number of rotatable bonds is 26. The van der Waals surface area contributed by atoms with Crippen LogP contribution in [-0.2, 0) is 20.9 Å². The minimum absolute atomic E-state index is 0.0218. The van der Waals surface area contributed by atoms with Crippen molar-refractivity contribution in [3.8, 4) is 5.75 Å². The highest BCUT2D eigenvalue weighted by Gasteiger charge is 2.48. The van der Waals surface area contributed by atoms with Gasteiger partial charge in [0.2, 0.25) is 17.7 Å². The molecule has 8 N–H and O–H groups in total. The van der Waals surface area contributed by atoms with Crippen molar-refractivity contribution in [2.24, 2.45) is 5.92 Å². The maximum Gasteiger partial charge on any atom is 0.233 e. The fraction of sp³-hybridized carbons (Fsp3) is 0.523. The summed E-state index contributed by atoms with van der Waals surface area (Å²) in [6.07, 6.45) is 1.46. The van der Waals surface area contributed by atoms with E-state index in [0.717, 1.165) is 61.8 Å². The molecule has 0 aromatic heterocycles. The molecule has 13 nitrogen and oxygen atoms in total. The molecule has 1 aliphatic rings. The molecular weight excluding hydrogens is 749 g/mol. The number of nitrogens with zero attached hydrogens (tertiary/aromatic N) is 1. The first-order chi connectivity index (χ1) is 27.9. The van der Waals surface area contributed by atoms with Crippen LogP contribution in [0.5, 0.6) is 5.75 Å². The fourth-order valence-electron chi connectivity index (χ4n) is 7.18. The molecule has 1 heterocycles. The maximum absolute atomic E-state index is 13.6. The molecule has 1 fully saturated rings. The van der Waals surface area contributed by atoms with E-state index in [2.05, 4.69) is 10.6 Å². The number of ether oxygens (including phenoxy) is 1. The lowest BCUT2D eigenvalue weighted by molar-refractivity contribution is -0.131. The van der Waals surface area contributed by atoms with Gasteiger partial charge in [-0.05, 0) is 78.8 Å². The molecule has 58 heavy (non-hydrogen) atoms. The summed E-state index contributed by atoms with van der Waals surface area (Å²) in [6, 6.07) is 20.7. The summed E-state index contributed by atoms with van der Waals surface area (Å²) < 4.78 is 18.7. The molecule has 3 aromatic carbocycles. The third kappa shape index (κ3) is 13.8. The normalized spacial score (nSPS) is 17.8. The smallest absolute Gasteiger partial charge is 0.233 e. The van der Waals surface area contributed by atoms with Crippen molar-refractivity contribution >= 4 is 23.4 Å². The molecule has 1 aliphatic heterocycles. The fourth-order valence-corrected chi connectivity index (χ4v) is 7.18. The highest BCUT2D eigenvalue weighted by molar-refractivity contribution is 6.03. The topological polar surface area (TPSA) is 209 Å². The van der Waals surface area contributed by atoms with Crippen LogP contribution >= 0.6 is 0 Å². The minimum atomic E-state index is -1.73. The van der Waals surface area contributed by atoms with Crippen LogP contribution < -0.4 is 20.3 Å². The van der Waals surface area contributed by atoms with Gasteiger partial charge in [-0.25, -0.2) is 4.39 Å². The number of carbonyl (C=O) groups excluding carboxylic acids is 3. The lowest BCUT2D eigenvalue weighted by atomic mass is 9.78. The van der Waals surface area contributed by atoms with Crippen molar-refractivity contribution in [1.29, 1.82) is 0 Å². The molecule has 4 rings (SSSR count). The van der Waals surface area contributed by atoms with Gasteiger partial charge in [0.05, 0.1) is 37.9 Å². The maximum atomic E-state index is 13.6. The van der Waals surface area contributed by atoms with Crippen LogP contribution in [0.15, 0.2) is 72.8 Å². The third-order valence-corrected chi connectivity index (χ3v) is 10.8. The molecular formula is C44H60FN3O10. The van der Waals surface area contributed by atoms with Crippen LogP contribution in [0, 0.1) is 11.7 Å². The Morgan fingerprint density at radius 3 is 1.86 bits per heavy atom. The Kier molecular flexibility index (Phi) is 19.0. The van der Waals surface area contributed by atoms with E-state index >= 15 is 0 Å². The van der Waals surface area contributed by atoms with E-state index in [0.29, 0.717) is 43.5 Å². The summed E-state index contributed by atoms with van der Waals surface area (Å²) in [7, 11) is 1.60. The van der Waals surface area contributed by atoms with Gasteiger partial charge < -0.3 is 50.9 Å². The average molecular weight is 810 g/mol.